The van der Waals surface area contributed by atoms with E-state index in [1.54, 1.807) is 0 Å². The molecule has 0 saturated carbocycles. The minimum atomic E-state index is -3.66. The van der Waals surface area contributed by atoms with Crippen molar-refractivity contribution in [3.8, 4) is 5.75 Å². The van der Waals surface area contributed by atoms with Gasteiger partial charge < -0.3 is 14.0 Å². The summed E-state index contributed by atoms with van der Waals surface area (Å²) in [6.45, 7) is 0.647. The fraction of sp³-hybridized carbons (Fsp3) is 0.318. The van der Waals surface area contributed by atoms with Crippen molar-refractivity contribution in [1.82, 2.24) is 14.4 Å². The molecule has 0 bridgehead atoms. The largest absolute Gasteiger partial charge is 0.485 e. The molecule has 0 atom stereocenters. The molecule has 0 radical (unpaired) electrons. The molecule has 1 aromatic heterocycles. The van der Waals surface area contributed by atoms with Crippen molar-refractivity contribution in [1.29, 1.82) is 0 Å². The lowest BCUT2D eigenvalue weighted by atomic mass is 10.2. The fourth-order valence-electron chi connectivity index (χ4n) is 3.33. The minimum Gasteiger partial charge on any atom is -0.485 e. The van der Waals surface area contributed by atoms with E-state index in [2.05, 4.69) is 10.1 Å². The normalized spacial score (nSPS) is 14.7. The molecule has 1 fully saturated rings. The number of ether oxygens (including phenoxy) is 2. The summed E-state index contributed by atoms with van der Waals surface area (Å²) in [4.78, 5) is 16.6. The first kappa shape index (κ1) is 22.9. The Morgan fingerprint density at radius 3 is 2.58 bits per heavy atom. The van der Waals surface area contributed by atoms with Gasteiger partial charge in [0, 0.05) is 13.1 Å². The molecule has 2 heterocycles. The summed E-state index contributed by atoms with van der Waals surface area (Å²) in [5.74, 6) is -0.375. The summed E-state index contributed by atoms with van der Waals surface area (Å²) >= 11 is 0. The molecule has 3 aromatic rings. The van der Waals surface area contributed by atoms with Crippen LogP contribution in [0.15, 0.2) is 57.9 Å². The van der Waals surface area contributed by atoms with Gasteiger partial charge in [-0.25, -0.2) is 17.6 Å². The molecule has 9 nitrogen and oxygen atoms in total. The van der Waals surface area contributed by atoms with E-state index in [-0.39, 0.29) is 41.2 Å². The van der Waals surface area contributed by atoms with Crippen molar-refractivity contribution in [2.75, 3.05) is 13.1 Å². The van der Waals surface area contributed by atoms with Gasteiger partial charge in [0.2, 0.25) is 15.8 Å². The second kappa shape index (κ2) is 10.1. The average molecular weight is 475 g/mol. The van der Waals surface area contributed by atoms with Gasteiger partial charge >= 0.3 is 5.97 Å². The molecule has 0 amide bonds. The summed E-state index contributed by atoms with van der Waals surface area (Å²) in [6, 6.07) is 11.2. The number of carbonyl (C=O) groups excluding carboxylic acids is 1. The van der Waals surface area contributed by atoms with Crippen LogP contribution in [0.3, 0.4) is 0 Å². The molecule has 0 N–H and O–H groups in total. The molecule has 1 saturated heterocycles. The van der Waals surface area contributed by atoms with Crippen LogP contribution >= 0.6 is 0 Å². The summed E-state index contributed by atoms with van der Waals surface area (Å²) in [5, 5.41) is 3.74. The van der Waals surface area contributed by atoms with Gasteiger partial charge in [0.05, 0.1) is 10.5 Å². The maximum atomic E-state index is 12.9. The highest BCUT2D eigenvalue weighted by Crippen LogP contribution is 2.22. The molecule has 0 unspecified atom stereocenters. The maximum Gasteiger partial charge on any atom is 0.338 e. The summed E-state index contributed by atoms with van der Waals surface area (Å²) in [7, 11) is -3.66. The number of rotatable bonds is 8. The fourth-order valence-corrected chi connectivity index (χ4v) is 4.90. The zero-order valence-electron chi connectivity index (χ0n) is 17.6. The van der Waals surface area contributed by atoms with Crippen LogP contribution in [0.25, 0.3) is 0 Å². The number of benzene rings is 2. The number of aromatic nitrogens is 2. The third-order valence-electron chi connectivity index (χ3n) is 5.04. The highest BCUT2D eigenvalue weighted by atomic mass is 32.2. The first-order chi connectivity index (χ1) is 15.9. The molecule has 4 rings (SSSR count). The van der Waals surface area contributed by atoms with Crippen LogP contribution in [-0.4, -0.2) is 41.9 Å². The lowest BCUT2D eigenvalue weighted by Gasteiger charge is -2.25. The molecule has 0 spiro atoms. The van der Waals surface area contributed by atoms with Crippen molar-refractivity contribution in [3.63, 3.8) is 0 Å². The van der Waals surface area contributed by atoms with E-state index < -0.39 is 16.0 Å². The van der Waals surface area contributed by atoms with Crippen molar-refractivity contribution >= 4 is 16.0 Å². The average Bonchev–Trinajstić information content (AvgIpc) is 3.30. The standard InChI is InChI=1S/C22H22FN3O6S/c23-17-7-9-18(10-8-17)30-14-20-24-21(32-25-20)15-31-22(27)16-5-4-6-19(13-16)33(28,29)26-11-2-1-3-12-26/h4-10,13H,1-3,11-12,14-15H2. The van der Waals surface area contributed by atoms with E-state index in [0.717, 1.165) is 19.3 Å². The summed E-state index contributed by atoms with van der Waals surface area (Å²) in [5.41, 5.74) is 0.104. The second-order valence-electron chi connectivity index (χ2n) is 7.42. The number of esters is 1. The SMILES string of the molecule is O=C(OCc1nc(COc2ccc(F)cc2)no1)c1cccc(S(=O)(=O)N2CCCCC2)c1. The second-order valence-corrected chi connectivity index (χ2v) is 9.35. The lowest BCUT2D eigenvalue weighted by molar-refractivity contribution is 0.0429. The third-order valence-corrected chi connectivity index (χ3v) is 6.94. The number of halogens is 1. The maximum absolute atomic E-state index is 12.9. The predicted octanol–water partition coefficient (Wildman–Crippen LogP) is 3.32. The van der Waals surface area contributed by atoms with Gasteiger partial charge in [-0.15, -0.1) is 0 Å². The molecule has 1 aliphatic heterocycles. The number of sulfonamides is 1. The van der Waals surface area contributed by atoms with Gasteiger partial charge in [0.25, 0.3) is 5.89 Å². The molecular weight excluding hydrogens is 453 g/mol. The van der Waals surface area contributed by atoms with Crippen LogP contribution in [0.5, 0.6) is 5.75 Å². The van der Waals surface area contributed by atoms with Crippen LogP contribution in [-0.2, 0) is 28.0 Å². The Morgan fingerprint density at radius 2 is 1.82 bits per heavy atom. The van der Waals surface area contributed by atoms with Gasteiger partial charge in [-0.1, -0.05) is 17.6 Å². The van der Waals surface area contributed by atoms with Gasteiger partial charge in [-0.3, -0.25) is 0 Å². The first-order valence-corrected chi connectivity index (χ1v) is 11.8. The number of carbonyl (C=O) groups is 1. The van der Waals surface area contributed by atoms with Crippen LogP contribution < -0.4 is 4.74 Å². The Balaban J connectivity index is 1.33. The highest BCUT2D eigenvalue weighted by Gasteiger charge is 2.26. The first-order valence-electron chi connectivity index (χ1n) is 10.4. The van der Waals surface area contributed by atoms with Gasteiger partial charge in [-0.05, 0) is 55.3 Å². The van der Waals surface area contributed by atoms with Crippen molar-refractivity contribution in [3.05, 3.63) is 71.6 Å². The molecule has 0 aliphatic carbocycles. The smallest absolute Gasteiger partial charge is 0.338 e. The van der Waals surface area contributed by atoms with E-state index in [1.807, 2.05) is 0 Å². The zero-order chi connectivity index (χ0) is 23.3. The van der Waals surface area contributed by atoms with E-state index in [0.29, 0.717) is 18.8 Å². The van der Waals surface area contributed by atoms with E-state index >= 15 is 0 Å². The van der Waals surface area contributed by atoms with Crippen LogP contribution in [0.2, 0.25) is 0 Å². The van der Waals surface area contributed by atoms with Crippen molar-refractivity contribution < 1.29 is 31.6 Å². The van der Waals surface area contributed by atoms with E-state index in [9.17, 15) is 17.6 Å². The molecule has 2 aromatic carbocycles. The molecule has 1 aliphatic rings. The highest BCUT2D eigenvalue weighted by molar-refractivity contribution is 7.89. The van der Waals surface area contributed by atoms with E-state index in [1.165, 1.54) is 52.8 Å². The quantitative estimate of drug-likeness (QED) is 0.456. The Hall–Kier alpha value is -3.31. The number of hydrogen-bond acceptors (Lipinski definition) is 8. The number of hydrogen-bond donors (Lipinski definition) is 0. The molecular formula is C22H22FN3O6S. The Labute approximate surface area is 190 Å². The molecule has 174 valence electrons. The van der Waals surface area contributed by atoms with Crippen molar-refractivity contribution in [2.45, 2.75) is 37.4 Å². The Morgan fingerprint density at radius 1 is 1.06 bits per heavy atom. The topological polar surface area (TPSA) is 112 Å². The Kier molecular flexibility index (Phi) is 6.99. The van der Waals surface area contributed by atoms with Gasteiger partial charge in [0.15, 0.2) is 13.2 Å². The monoisotopic (exact) mass is 475 g/mol. The summed E-state index contributed by atoms with van der Waals surface area (Å²) in [6.07, 6.45) is 2.65. The summed E-state index contributed by atoms with van der Waals surface area (Å²) < 4.78 is 55.7. The Bertz CT molecular complexity index is 1210. The third kappa shape index (κ3) is 5.74. The van der Waals surface area contributed by atoms with Crippen LogP contribution in [0.4, 0.5) is 4.39 Å². The lowest BCUT2D eigenvalue weighted by Crippen LogP contribution is -2.35. The van der Waals surface area contributed by atoms with E-state index in [4.69, 9.17) is 14.0 Å². The number of nitrogens with zero attached hydrogens (tertiary/aromatic N) is 3. The zero-order valence-corrected chi connectivity index (χ0v) is 18.5. The molecule has 11 heteroatoms. The predicted molar refractivity (Wildman–Crippen MR) is 113 cm³/mol. The molecule has 33 heavy (non-hydrogen) atoms. The van der Waals surface area contributed by atoms with Crippen molar-refractivity contribution in [2.24, 2.45) is 0 Å². The number of piperidine rings is 1. The van der Waals surface area contributed by atoms with Gasteiger partial charge in [0.1, 0.15) is 11.6 Å². The minimum absolute atomic E-state index is 0.0144. The van der Waals surface area contributed by atoms with Crippen LogP contribution in [0.1, 0.15) is 41.3 Å². The van der Waals surface area contributed by atoms with Gasteiger partial charge in [-0.2, -0.15) is 9.29 Å². The van der Waals surface area contributed by atoms with Crippen LogP contribution in [0, 0.1) is 5.82 Å².